The molecule has 0 unspecified atom stereocenters. The van der Waals surface area contributed by atoms with Gasteiger partial charge in [-0.25, -0.2) is 4.74 Å². The SMILES string of the molecule is CCn1c2ccccc2c2cc([P@](=Nc3ccccc3)(Oc3cccc(Br)c3)C(C)(C)C)ccc21. The van der Waals surface area contributed by atoms with Crippen molar-refractivity contribution in [1.82, 2.24) is 4.57 Å². The van der Waals surface area contributed by atoms with Crippen LogP contribution >= 0.6 is 23.2 Å². The lowest BCUT2D eigenvalue weighted by Gasteiger charge is -2.37. The van der Waals surface area contributed by atoms with Gasteiger partial charge in [-0.05, 0) is 61.5 Å². The lowest BCUT2D eigenvalue weighted by atomic mass is 10.1. The van der Waals surface area contributed by atoms with Crippen LogP contribution in [0.2, 0.25) is 0 Å². The van der Waals surface area contributed by atoms with E-state index in [1.807, 2.05) is 42.5 Å². The average Bonchev–Trinajstić information content (AvgIpc) is 3.16. The van der Waals surface area contributed by atoms with Gasteiger partial charge in [0.05, 0.1) is 5.69 Å². The molecule has 0 aliphatic heterocycles. The Hall–Kier alpha value is -2.81. The molecule has 1 heterocycles. The Balaban J connectivity index is 1.84. The van der Waals surface area contributed by atoms with E-state index in [1.165, 1.54) is 21.8 Å². The Labute approximate surface area is 216 Å². The molecular weight excluding hydrogens is 515 g/mol. The number of benzene rings is 4. The van der Waals surface area contributed by atoms with E-state index in [9.17, 15) is 0 Å². The topological polar surface area (TPSA) is 26.5 Å². The van der Waals surface area contributed by atoms with Gasteiger partial charge in [-0.2, -0.15) is 0 Å². The second-order valence-electron chi connectivity index (χ2n) is 9.69. The fourth-order valence-electron chi connectivity index (χ4n) is 4.71. The number of aromatic nitrogens is 1. The molecule has 35 heavy (non-hydrogen) atoms. The largest absolute Gasteiger partial charge is 0.455 e. The van der Waals surface area contributed by atoms with Crippen LogP contribution in [0.4, 0.5) is 5.69 Å². The van der Waals surface area contributed by atoms with Gasteiger partial charge in [0.2, 0.25) is 0 Å². The third-order valence-electron chi connectivity index (χ3n) is 6.38. The molecule has 0 saturated heterocycles. The maximum absolute atomic E-state index is 7.04. The van der Waals surface area contributed by atoms with Crippen LogP contribution in [0, 0.1) is 0 Å². The van der Waals surface area contributed by atoms with Gasteiger partial charge in [-0.1, -0.05) is 79.2 Å². The normalized spacial score (nSPS) is 13.6. The van der Waals surface area contributed by atoms with Gasteiger partial charge in [0.25, 0.3) is 0 Å². The number of hydrogen-bond acceptors (Lipinski definition) is 2. The smallest absolute Gasteiger partial charge is 0.173 e. The standard InChI is InChI=1S/C30H30BrN2OP/c1-5-33-28-17-10-9-16-26(28)27-21-25(18-19-29(27)33)35(30(2,3)4,32-23-13-7-6-8-14-23)34-24-15-11-12-22(31)20-24/h6-21H,5H2,1-4H3/t35-/m0/s1. The van der Waals surface area contributed by atoms with Crippen molar-refractivity contribution in [3.8, 4) is 5.75 Å². The third-order valence-corrected chi connectivity index (χ3v) is 10.7. The molecule has 0 radical (unpaired) electrons. The Kier molecular flexibility index (Phi) is 6.38. The zero-order valence-electron chi connectivity index (χ0n) is 20.6. The van der Waals surface area contributed by atoms with E-state index in [0.29, 0.717) is 0 Å². The zero-order chi connectivity index (χ0) is 24.6. The van der Waals surface area contributed by atoms with Crippen LogP contribution in [0.3, 0.4) is 0 Å². The molecule has 3 nitrogen and oxygen atoms in total. The summed E-state index contributed by atoms with van der Waals surface area (Å²) in [7, 11) is -2.58. The van der Waals surface area contributed by atoms with Crippen LogP contribution in [0.1, 0.15) is 27.7 Å². The molecule has 1 atom stereocenters. The van der Waals surface area contributed by atoms with Crippen molar-refractivity contribution in [3.63, 3.8) is 0 Å². The maximum atomic E-state index is 7.04. The van der Waals surface area contributed by atoms with Crippen molar-refractivity contribution in [2.24, 2.45) is 4.74 Å². The minimum atomic E-state index is -2.58. The lowest BCUT2D eigenvalue weighted by Crippen LogP contribution is -2.27. The number of hydrogen-bond donors (Lipinski definition) is 0. The number of rotatable bonds is 5. The van der Waals surface area contributed by atoms with Crippen molar-refractivity contribution < 1.29 is 4.52 Å². The number of halogens is 1. The van der Waals surface area contributed by atoms with Gasteiger partial charge in [0, 0.05) is 43.3 Å². The van der Waals surface area contributed by atoms with E-state index < -0.39 is 7.28 Å². The second-order valence-corrected chi connectivity index (χ2v) is 14.0. The molecule has 5 heteroatoms. The molecule has 0 aliphatic carbocycles. The first-order chi connectivity index (χ1) is 16.8. The molecule has 0 fully saturated rings. The molecule has 5 aromatic rings. The summed E-state index contributed by atoms with van der Waals surface area (Å²) >= 11 is 3.61. The van der Waals surface area contributed by atoms with Gasteiger partial charge < -0.3 is 9.09 Å². The van der Waals surface area contributed by atoms with Crippen molar-refractivity contribution in [2.75, 3.05) is 0 Å². The van der Waals surface area contributed by atoms with Gasteiger partial charge in [0.1, 0.15) is 5.75 Å². The summed E-state index contributed by atoms with van der Waals surface area (Å²) in [5, 5.41) is 3.40. The Morgan fingerprint density at radius 2 is 1.51 bits per heavy atom. The predicted octanol–water partition coefficient (Wildman–Crippen LogP) is 9.53. The first-order valence-electron chi connectivity index (χ1n) is 12.0. The van der Waals surface area contributed by atoms with E-state index in [-0.39, 0.29) is 5.16 Å². The molecule has 0 spiro atoms. The van der Waals surface area contributed by atoms with Crippen molar-refractivity contribution in [2.45, 2.75) is 39.4 Å². The molecular formula is C30H30BrN2OP. The number of aryl methyl sites for hydroxylation is 1. The highest BCUT2D eigenvalue weighted by Gasteiger charge is 2.39. The molecule has 1 aromatic heterocycles. The molecule has 0 bridgehead atoms. The minimum absolute atomic E-state index is 0.248. The van der Waals surface area contributed by atoms with E-state index in [0.717, 1.165) is 27.8 Å². The quantitative estimate of drug-likeness (QED) is 0.202. The van der Waals surface area contributed by atoms with E-state index in [1.54, 1.807) is 0 Å². The summed E-state index contributed by atoms with van der Waals surface area (Å²) in [6.07, 6.45) is 0. The van der Waals surface area contributed by atoms with Crippen molar-refractivity contribution in [1.29, 1.82) is 0 Å². The summed E-state index contributed by atoms with van der Waals surface area (Å²) in [4.78, 5) is 0. The molecule has 0 N–H and O–H groups in total. The molecule has 0 saturated carbocycles. The molecule has 0 aliphatic rings. The predicted molar refractivity (Wildman–Crippen MR) is 155 cm³/mol. The molecule has 5 rings (SSSR count). The van der Waals surface area contributed by atoms with Crippen LogP contribution in [-0.4, -0.2) is 9.72 Å². The van der Waals surface area contributed by atoms with Crippen LogP contribution < -0.4 is 9.83 Å². The number of nitrogens with zero attached hydrogens (tertiary/aromatic N) is 2. The minimum Gasteiger partial charge on any atom is -0.455 e. The van der Waals surface area contributed by atoms with Gasteiger partial charge in [-0.15, -0.1) is 0 Å². The van der Waals surface area contributed by atoms with Crippen molar-refractivity contribution in [3.05, 3.63) is 102 Å². The first kappa shape index (κ1) is 23.9. The summed E-state index contributed by atoms with van der Waals surface area (Å²) in [6.45, 7) is 9.85. The van der Waals surface area contributed by atoms with E-state index in [4.69, 9.17) is 9.27 Å². The fraction of sp³-hybridized carbons (Fsp3) is 0.200. The summed E-state index contributed by atoms with van der Waals surface area (Å²) in [5.74, 6) is 0.818. The van der Waals surface area contributed by atoms with Crippen LogP contribution in [-0.2, 0) is 6.54 Å². The summed E-state index contributed by atoms with van der Waals surface area (Å²) in [5.41, 5.74) is 3.43. The van der Waals surface area contributed by atoms with Crippen LogP contribution in [0.5, 0.6) is 5.75 Å². The molecule has 4 aromatic carbocycles. The zero-order valence-corrected chi connectivity index (χ0v) is 23.1. The highest BCUT2D eigenvalue weighted by atomic mass is 79.9. The summed E-state index contributed by atoms with van der Waals surface area (Å²) in [6, 6.07) is 33.8. The molecule has 0 amide bonds. The van der Waals surface area contributed by atoms with Crippen LogP contribution in [0.25, 0.3) is 21.8 Å². The maximum Gasteiger partial charge on any atom is 0.173 e. The van der Waals surface area contributed by atoms with E-state index in [2.05, 4.69) is 103 Å². The van der Waals surface area contributed by atoms with Gasteiger partial charge in [0.15, 0.2) is 7.28 Å². The highest BCUT2D eigenvalue weighted by molar-refractivity contribution is 9.10. The van der Waals surface area contributed by atoms with Gasteiger partial charge in [-0.3, -0.25) is 0 Å². The number of fused-ring (bicyclic) bond motifs is 3. The Bertz CT molecular complexity index is 1560. The van der Waals surface area contributed by atoms with Crippen molar-refractivity contribution >= 4 is 56.0 Å². The van der Waals surface area contributed by atoms with Crippen LogP contribution in [0.15, 0.2) is 106 Å². The highest BCUT2D eigenvalue weighted by Crippen LogP contribution is 2.62. The van der Waals surface area contributed by atoms with Gasteiger partial charge >= 0.3 is 0 Å². The third kappa shape index (κ3) is 4.35. The summed E-state index contributed by atoms with van der Waals surface area (Å²) < 4.78 is 15.8. The van der Waals surface area contributed by atoms with E-state index >= 15 is 0 Å². The lowest BCUT2D eigenvalue weighted by molar-refractivity contribution is 0.571. The monoisotopic (exact) mass is 544 g/mol. The Morgan fingerprint density at radius 1 is 0.800 bits per heavy atom. The fourth-order valence-corrected chi connectivity index (χ4v) is 8.16. The second kappa shape index (κ2) is 9.33. The Morgan fingerprint density at radius 3 is 2.23 bits per heavy atom. The average molecular weight is 545 g/mol. The first-order valence-corrected chi connectivity index (χ1v) is 14.4. The number of para-hydroxylation sites is 1. The molecule has 178 valence electrons.